The molecule has 0 saturated heterocycles. The van der Waals surface area contributed by atoms with E-state index in [1.807, 2.05) is 12.2 Å². The third-order valence-electron chi connectivity index (χ3n) is 11.0. The molecule has 0 heterocycles. The van der Waals surface area contributed by atoms with E-state index < -0.39 is 6.10 Å². The Kier molecular flexibility index (Phi) is 50.5. The molecule has 0 aliphatic carbocycles. The van der Waals surface area contributed by atoms with Gasteiger partial charge in [-0.15, -0.1) is 0 Å². The van der Waals surface area contributed by atoms with Gasteiger partial charge in [0.1, 0.15) is 13.2 Å². The summed E-state index contributed by atoms with van der Waals surface area (Å²) in [6, 6.07) is 0. The fourth-order valence-corrected chi connectivity index (χ4v) is 6.95. The Hall–Kier alpha value is -3.93. The molecule has 0 bridgehead atoms. The first kappa shape index (κ1) is 62.1. The highest BCUT2D eigenvalue weighted by Crippen LogP contribution is 2.13. The second-order valence-electron chi connectivity index (χ2n) is 17.4. The average molecular weight is 915 g/mol. The van der Waals surface area contributed by atoms with Crippen molar-refractivity contribution in [2.45, 2.75) is 239 Å². The standard InChI is InChI=1S/C60H98O6/c1-4-7-10-13-16-19-22-25-28-29-30-31-33-35-38-41-44-47-50-53-59(62)65-56-57(55-64-58(61)52-49-46-43-40-37-34-27-24-21-18-15-12-9-6-3)66-60(63)54-51-48-45-42-39-36-32-26-23-20-17-14-11-8-5-2/h7,10,15-16,18-19,24-28,30-32,35,38,44,47,57H,4-6,8-9,11-14,17,20-23,29,33-34,36-37,39-43,45-46,48-56H2,1-3H3/b10-7-,18-15-,19-16-,27-24-,28-25-,31-30-,32-26-,38-35-,47-44-/t57-/m1/s1. The fourth-order valence-electron chi connectivity index (χ4n) is 6.95. The summed E-state index contributed by atoms with van der Waals surface area (Å²) in [7, 11) is 0. The maximum Gasteiger partial charge on any atom is 0.306 e. The zero-order valence-corrected chi connectivity index (χ0v) is 42.7. The van der Waals surface area contributed by atoms with Gasteiger partial charge in [0.15, 0.2) is 6.10 Å². The van der Waals surface area contributed by atoms with Gasteiger partial charge >= 0.3 is 17.9 Å². The number of hydrogen-bond acceptors (Lipinski definition) is 6. The number of carbonyl (C=O) groups excluding carboxylic acids is 3. The molecule has 1 atom stereocenters. The van der Waals surface area contributed by atoms with Gasteiger partial charge in [-0.2, -0.15) is 0 Å². The third-order valence-corrected chi connectivity index (χ3v) is 11.0. The predicted octanol–water partition coefficient (Wildman–Crippen LogP) is 17.9. The predicted molar refractivity (Wildman–Crippen MR) is 283 cm³/mol. The molecule has 0 aromatic rings. The van der Waals surface area contributed by atoms with Gasteiger partial charge in [-0.3, -0.25) is 14.4 Å². The minimum atomic E-state index is -0.820. The highest BCUT2D eigenvalue weighted by Gasteiger charge is 2.19. The largest absolute Gasteiger partial charge is 0.462 e. The Morgan fingerprint density at radius 3 is 1.08 bits per heavy atom. The third kappa shape index (κ3) is 51.1. The van der Waals surface area contributed by atoms with Gasteiger partial charge in [-0.25, -0.2) is 0 Å². The zero-order valence-electron chi connectivity index (χ0n) is 42.7. The van der Waals surface area contributed by atoms with Gasteiger partial charge in [-0.05, 0) is 109 Å². The quantitative estimate of drug-likeness (QED) is 0.0262. The minimum absolute atomic E-state index is 0.114. The van der Waals surface area contributed by atoms with Crippen LogP contribution in [0.2, 0.25) is 0 Å². The molecule has 0 N–H and O–H groups in total. The Balaban J connectivity index is 4.54. The molecule has 0 rings (SSSR count). The van der Waals surface area contributed by atoms with Crippen molar-refractivity contribution in [3.8, 4) is 0 Å². The maximum absolute atomic E-state index is 12.8. The lowest BCUT2D eigenvalue weighted by Crippen LogP contribution is -2.30. The summed E-state index contributed by atoms with van der Waals surface area (Å²) in [5.74, 6) is -1.03. The van der Waals surface area contributed by atoms with Crippen LogP contribution in [0.3, 0.4) is 0 Å². The number of carbonyl (C=O) groups is 3. The van der Waals surface area contributed by atoms with Crippen LogP contribution in [-0.2, 0) is 28.6 Å². The van der Waals surface area contributed by atoms with E-state index >= 15 is 0 Å². The molecule has 0 aliphatic heterocycles. The molecule has 6 nitrogen and oxygen atoms in total. The van der Waals surface area contributed by atoms with Crippen molar-refractivity contribution in [1.29, 1.82) is 0 Å². The van der Waals surface area contributed by atoms with E-state index in [4.69, 9.17) is 14.2 Å². The molecule has 0 aromatic carbocycles. The van der Waals surface area contributed by atoms with Gasteiger partial charge in [0.2, 0.25) is 0 Å². The van der Waals surface area contributed by atoms with E-state index in [0.717, 1.165) is 116 Å². The number of hydrogen-bond donors (Lipinski definition) is 0. The number of ether oxygens (including phenoxy) is 3. The summed E-state index contributed by atoms with van der Waals surface area (Å²) in [5, 5.41) is 0. The summed E-state index contributed by atoms with van der Waals surface area (Å²) in [6.07, 6.45) is 72.2. The van der Waals surface area contributed by atoms with Crippen LogP contribution in [0.5, 0.6) is 0 Å². The molecule has 0 amide bonds. The van der Waals surface area contributed by atoms with Crippen molar-refractivity contribution in [1.82, 2.24) is 0 Å². The van der Waals surface area contributed by atoms with Crippen LogP contribution in [0.25, 0.3) is 0 Å². The topological polar surface area (TPSA) is 78.9 Å². The van der Waals surface area contributed by atoms with Crippen molar-refractivity contribution >= 4 is 17.9 Å². The summed E-state index contributed by atoms with van der Waals surface area (Å²) < 4.78 is 16.7. The number of esters is 3. The molecule has 0 unspecified atom stereocenters. The molecular weight excluding hydrogens is 817 g/mol. The second-order valence-corrected chi connectivity index (χ2v) is 17.4. The van der Waals surface area contributed by atoms with Crippen LogP contribution >= 0.6 is 0 Å². The second kappa shape index (κ2) is 53.7. The number of allylic oxidation sites excluding steroid dienone is 18. The van der Waals surface area contributed by atoms with E-state index in [1.54, 1.807) is 0 Å². The molecule has 0 aromatic heterocycles. The van der Waals surface area contributed by atoms with Crippen molar-refractivity contribution in [2.24, 2.45) is 0 Å². The van der Waals surface area contributed by atoms with Crippen LogP contribution in [0.4, 0.5) is 0 Å². The highest BCUT2D eigenvalue weighted by molar-refractivity contribution is 5.71. The molecule has 374 valence electrons. The van der Waals surface area contributed by atoms with Crippen LogP contribution in [0.15, 0.2) is 109 Å². The maximum atomic E-state index is 12.8. The molecule has 66 heavy (non-hydrogen) atoms. The van der Waals surface area contributed by atoms with Gasteiger partial charge in [0.05, 0.1) is 0 Å². The normalized spacial score (nSPS) is 13.0. The van der Waals surface area contributed by atoms with E-state index in [-0.39, 0.29) is 37.5 Å². The Bertz CT molecular complexity index is 1370. The minimum Gasteiger partial charge on any atom is -0.462 e. The van der Waals surface area contributed by atoms with E-state index in [2.05, 4.69) is 118 Å². The number of rotatable bonds is 47. The molecule has 0 aliphatic rings. The lowest BCUT2D eigenvalue weighted by atomic mass is 10.1. The van der Waals surface area contributed by atoms with E-state index in [1.165, 1.54) is 70.6 Å². The van der Waals surface area contributed by atoms with Crippen LogP contribution < -0.4 is 0 Å². The fraction of sp³-hybridized carbons (Fsp3) is 0.650. The van der Waals surface area contributed by atoms with Crippen molar-refractivity contribution < 1.29 is 28.6 Å². The first-order valence-corrected chi connectivity index (χ1v) is 26.9. The number of unbranched alkanes of at least 4 members (excludes halogenated alkanes) is 18. The smallest absolute Gasteiger partial charge is 0.306 e. The average Bonchev–Trinajstić information content (AvgIpc) is 3.31. The molecule has 6 heteroatoms. The van der Waals surface area contributed by atoms with E-state index in [0.29, 0.717) is 19.3 Å². The summed E-state index contributed by atoms with van der Waals surface area (Å²) in [6.45, 7) is 6.39. The Morgan fingerprint density at radius 2 is 0.636 bits per heavy atom. The summed E-state index contributed by atoms with van der Waals surface area (Å²) in [5.41, 5.74) is 0. The summed E-state index contributed by atoms with van der Waals surface area (Å²) in [4.78, 5) is 38.0. The Morgan fingerprint density at radius 1 is 0.318 bits per heavy atom. The van der Waals surface area contributed by atoms with Crippen LogP contribution in [0.1, 0.15) is 233 Å². The molecule has 0 spiro atoms. The van der Waals surface area contributed by atoms with Gasteiger partial charge in [0, 0.05) is 19.3 Å². The molecule has 0 radical (unpaired) electrons. The molecule has 0 fully saturated rings. The van der Waals surface area contributed by atoms with Crippen LogP contribution in [0, 0.1) is 0 Å². The molecular formula is C60H98O6. The van der Waals surface area contributed by atoms with Gasteiger partial charge < -0.3 is 14.2 Å². The first-order valence-electron chi connectivity index (χ1n) is 26.9. The SMILES string of the molecule is CC/C=C\C/C=C\C/C=C\C/C=C\C/C=C\C/C=C\CCC(=O)OC[C@@H](COC(=O)CCCCCCC/C=C\C/C=C\CCCC)OC(=O)CCCCCCC/C=C\CCCCCCCC. The highest BCUT2D eigenvalue weighted by atomic mass is 16.6. The van der Waals surface area contributed by atoms with Crippen molar-refractivity contribution in [3.63, 3.8) is 0 Å². The summed E-state index contributed by atoms with van der Waals surface area (Å²) >= 11 is 0. The van der Waals surface area contributed by atoms with Gasteiger partial charge in [-0.1, -0.05) is 214 Å². The van der Waals surface area contributed by atoms with Crippen LogP contribution in [-0.4, -0.2) is 37.2 Å². The van der Waals surface area contributed by atoms with Gasteiger partial charge in [0.25, 0.3) is 0 Å². The first-order chi connectivity index (χ1) is 32.5. The molecule has 0 saturated carbocycles. The van der Waals surface area contributed by atoms with Crippen molar-refractivity contribution in [2.75, 3.05) is 13.2 Å². The lowest BCUT2D eigenvalue weighted by Gasteiger charge is -2.18. The monoisotopic (exact) mass is 915 g/mol. The Labute approximate surface area is 406 Å². The lowest BCUT2D eigenvalue weighted by molar-refractivity contribution is -0.166. The van der Waals surface area contributed by atoms with E-state index in [9.17, 15) is 14.4 Å². The van der Waals surface area contributed by atoms with Crippen molar-refractivity contribution in [3.05, 3.63) is 109 Å². The zero-order chi connectivity index (χ0) is 47.9.